The van der Waals surface area contributed by atoms with Gasteiger partial charge in [0.05, 0.1) is 0 Å². The lowest BCUT2D eigenvalue weighted by atomic mass is 9.96. The van der Waals surface area contributed by atoms with Crippen molar-refractivity contribution in [2.75, 3.05) is 5.75 Å². The van der Waals surface area contributed by atoms with Crippen LogP contribution in [-0.4, -0.2) is 5.75 Å². The van der Waals surface area contributed by atoms with Crippen LogP contribution in [0.4, 0.5) is 0 Å². The van der Waals surface area contributed by atoms with Gasteiger partial charge in [0.1, 0.15) is 0 Å². The summed E-state index contributed by atoms with van der Waals surface area (Å²) in [6, 6.07) is 23.0. The van der Waals surface area contributed by atoms with Gasteiger partial charge in [0.2, 0.25) is 0 Å². The summed E-state index contributed by atoms with van der Waals surface area (Å²) in [6.45, 7) is 4.47. The summed E-state index contributed by atoms with van der Waals surface area (Å²) in [5.41, 5.74) is 1.32. The molecule has 4 aromatic carbocycles. The quantitative estimate of drug-likeness (QED) is 0.119. The lowest BCUT2D eigenvalue weighted by Gasteiger charge is -2.10. The SMILES string of the molecule is CCCCCCCCCCCCSc1ccc2ccc3c4cc(C)ccc4ccc3c2c1. The van der Waals surface area contributed by atoms with Crippen molar-refractivity contribution in [2.45, 2.75) is 83.0 Å². The minimum Gasteiger partial charge on any atom is -0.126 e. The molecule has 168 valence electrons. The number of unbranched alkanes of at least 4 members (excludes halogenated alkanes) is 9. The van der Waals surface area contributed by atoms with E-state index in [-0.39, 0.29) is 0 Å². The van der Waals surface area contributed by atoms with Crippen LogP contribution in [-0.2, 0) is 0 Å². The predicted octanol–water partition coefficient (Wildman–Crippen LogP) is 10.5. The van der Waals surface area contributed by atoms with E-state index in [1.807, 2.05) is 11.8 Å². The lowest BCUT2D eigenvalue weighted by Crippen LogP contribution is -1.85. The third-order valence-electron chi connectivity index (χ3n) is 6.73. The Morgan fingerprint density at radius 1 is 0.531 bits per heavy atom. The maximum Gasteiger partial charge on any atom is 0.00785 e. The molecule has 0 radical (unpaired) electrons. The summed E-state index contributed by atoms with van der Waals surface area (Å²) in [5, 5.41) is 8.17. The molecule has 0 fully saturated rings. The standard InChI is InChI=1S/C31H38S/c1-3-4-5-6-7-8-9-10-11-12-21-32-27-18-15-26-17-19-28-29(31(26)23-27)20-16-25-14-13-24(2)22-30(25)28/h13-20,22-23H,3-12,21H2,1-2H3. The first-order valence-electron chi connectivity index (χ1n) is 12.7. The van der Waals surface area contributed by atoms with E-state index in [2.05, 4.69) is 74.5 Å². The van der Waals surface area contributed by atoms with Crippen molar-refractivity contribution < 1.29 is 0 Å². The monoisotopic (exact) mass is 442 g/mol. The molecule has 0 nitrogen and oxygen atoms in total. The van der Waals surface area contributed by atoms with Gasteiger partial charge in [0.15, 0.2) is 0 Å². The van der Waals surface area contributed by atoms with Gasteiger partial charge in [-0.2, -0.15) is 0 Å². The smallest absolute Gasteiger partial charge is 0.00785 e. The molecular weight excluding hydrogens is 404 g/mol. The Balaban J connectivity index is 1.33. The van der Waals surface area contributed by atoms with E-state index in [1.54, 1.807) is 0 Å². The van der Waals surface area contributed by atoms with Crippen molar-refractivity contribution in [3.8, 4) is 0 Å². The van der Waals surface area contributed by atoms with Crippen LogP contribution >= 0.6 is 11.8 Å². The zero-order valence-corrected chi connectivity index (χ0v) is 20.8. The maximum absolute atomic E-state index is 2.42. The summed E-state index contributed by atoms with van der Waals surface area (Å²) in [4.78, 5) is 1.41. The normalized spacial score (nSPS) is 11.7. The molecule has 0 saturated heterocycles. The minimum atomic E-state index is 1.23. The molecule has 0 amide bonds. The predicted molar refractivity (Wildman–Crippen MR) is 146 cm³/mol. The molecule has 0 spiro atoms. The number of hydrogen-bond donors (Lipinski definition) is 0. The first-order chi connectivity index (χ1) is 15.8. The molecule has 0 saturated carbocycles. The van der Waals surface area contributed by atoms with Crippen LogP contribution in [0.15, 0.2) is 65.6 Å². The topological polar surface area (TPSA) is 0 Å². The molecule has 0 atom stereocenters. The molecule has 0 aliphatic carbocycles. The highest BCUT2D eigenvalue weighted by molar-refractivity contribution is 7.99. The molecule has 4 rings (SSSR count). The molecular formula is C31H38S. The molecule has 0 N–H and O–H groups in total. The van der Waals surface area contributed by atoms with Gasteiger partial charge < -0.3 is 0 Å². The van der Waals surface area contributed by atoms with Gasteiger partial charge in [-0.3, -0.25) is 0 Å². The van der Waals surface area contributed by atoms with Crippen molar-refractivity contribution in [1.29, 1.82) is 0 Å². The Morgan fingerprint density at radius 3 is 1.72 bits per heavy atom. The van der Waals surface area contributed by atoms with Crippen LogP contribution in [0.2, 0.25) is 0 Å². The summed E-state index contributed by atoms with van der Waals surface area (Å²) in [7, 11) is 0. The number of fused-ring (bicyclic) bond motifs is 5. The van der Waals surface area contributed by atoms with Crippen molar-refractivity contribution in [3.05, 3.63) is 66.2 Å². The van der Waals surface area contributed by atoms with Crippen LogP contribution in [0.3, 0.4) is 0 Å². The second kappa shape index (κ2) is 11.8. The van der Waals surface area contributed by atoms with Crippen LogP contribution < -0.4 is 0 Å². The third kappa shape index (κ3) is 5.87. The highest BCUT2D eigenvalue weighted by atomic mass is 32.2. The highest BCUT2D eigenvalue weighted by Gasteiger charge is 2.06. The van der Waals surface area contributed by atoms with E-state index in [0.717, 1.165) is 0 Å². The third-order valence-corrected chi connectivity index (χ3v) is 7.81. The van der Waals surface area contributed by atoms with Crippen LogP contribution in [0.5, 0.6) is 0 Å². The summed E-state index contributed by atoms with van der Waals surface area (Å²) < 4.78 is 0. The lowest BCUT2D eigenvalue weighted by molar-refractivity contribution is 0.563. The Morgan fingerprint density at radius 2 is 1.06 bits per heavy atom. The zero-order valence-electron chi connectivity index (χ0n) is 20.0. The van der Waals surface area contributed by atoms with Crippen molar-refractivity contribution in [3.63, 3.8) is 0 Å². The van der Waals surface area contributed by atoms with Gasteiger partial charge in [0.25, 0.3) is 0 Å². The number of thioether (sulfide) groups is 1. The van der Waals surface area contributed by atoms with Gasteiger partial charge in [0, 0.05) is 4.90 Å². The molecule has 0 bridgehead atoms. The summed E-state index contributed by atoms with van der Waals surface area (Å²) >= 11 is 2.03. The van der Waals surface area contributed by atoms with E-state index in [4.69, 9.17) is 0 Å². The molecule has 0 aliphatic rings. The van der Waals surface area contributed by atoms with Gasteiger partial charge in [-0.15, -0.1) is 11.8 Å². The van der Waals surface area contributed by atoms with Crippen molar-refractivity contribution in [2.24, 2.45) is 0 Å². The Bertz CT molecular complexity index is 1160. The highest BCUT2D eigenvalue weighted by Crippen LogP contribution is 2.34. The second-order valence-corrected chi connectivity index (χ2v) is 10.5. The van der Waals surface area contributed by atoms with Gasteiger partial charge in [-0.25, -0.2) is 0 Å². The van der Waals surface area contributed by atoms with E-state index in [0.29, 0.717) is 0 Å². The van der Waals surface area contributed by atoms with Crippen LogP contribution in [0.25, 0.3) is 32.3 Å². The van der Waals surface area contributed by atoms with Gasteiger partial charge in [-0.1, -0.05) is 119 Å². The first-order valence-corrected chi connectivity index (χ1v) is 13.7. The summed E-state index contributed by atoms with van der Waals surface area (Å²) in [5.74, 6) is 1.23. The minimum absolute atomic E-state index is 1.23. The number of benzene rings is 4. The molecule has 0 aromatic heterocycles. The maximum atomic E-state index is 2.42. The van der Waals surface area contributed by atoms with E-state index in [1.165, 1.54) is 113 Å². The fourth-order valence-corrected chi connectivity index (χ4v) is 5.78. The molecule has 32 heavy (non-hydrogen) atoms. The molecule has 0 unspecified atom stereocenters. The molecule has 4 aromatic rings. The molecule has 0 aliphatic heterocycles. The van der Waals surface area contributed by atoms with E-state index in [9.17, 15) is 0 Å². The Labute approximate surface area is 198 Å². The molecule has 1 heteroatoms. The number of rotatable bonds is 12. The van der Waals surface area contributed by atoms with Crippen LogP contribution in [0, 0.1) is 6.92 Å². The molecule has 0 heterocycles. The fourth-order valence-electron chi connectivity index (χ4n) is 4.83. The first kappa shape index (κ1) is 23.2. The number of hydrogen-bond acceptors (Lipinski definition) is 1. The van der Waals surface area contributed by atoms with E-state index < -0.39 is 0 Å². The van der Waals surface area contributed by atoms with Crippen LogP contribution in [0.1, 0.15) is 76.7 Å². The zero-order chi connectivity index (χ0) is 22.2. The van der Waals surface area contributed by atoms with Gasteiger partial charge >= 0.3 is 0 Å². The second-order valence-electron chi connectivity index (χ2n) is 9.36. The van der Waals surface area contributed by atoms with E-state index >= 15 is 0 Å². The average Bonchev–Trinajstić information content (AvgIpc) is 2.82. The van der Waals surface area contributed by atoms with Crippen molar-refractivity contribution in [1.82, 2.24) is 0 Å². The number of aryl methyl sites for hydroxylation is 1. The summed E-state index contributed by atoms with van der Waals surface area (Å²) in [6.07, 6.45) is 14.0. The Hall–Kier alpha value is -1.99. The van der Waals surface area contributed by atoms with Gasteiger partial charge in [-0.05, 0) is 63.5 Å². The fraction of sp³-hybridized carbons (Fsp3) is 0.419. The average molecular weight is 443 g/mol. The largest absolute Gasteiger partial charge is 0.126 e. The Kier molecular flexibility index (Phi) is 8.51. The van der Waals surface area contributed by atoms with Crippen molar-refractivity contribution >= 4 is 44.1 Å².